The molecule has 20 heavy (non-hydrogen) atoms. The lowest BCUT2D eigenvalue weighted by atomic mass is 9.79. The second kappa shape index (κ2) is 12.0. The molecule has 0 amide bonds. The largest absolute Gasteiger partial charge is 0.396 e. The standard InChI is InChI=1S/C16H35N3O/c1-5-9-10-12-18-15(17-8-4)19-14-16(6-2,7-3)11-13-20/h20H,5-14H2,1-4H3,(H2,17,18,19). The summed E-state index contributed by atoms with van der Waals surface area (Å²) < 4.78 is 0. The van der Waals surface area contributed by atoms with E-state index >= 15 is 0 Å². The van der Waals surface area contributed by atoms with E-state index in [-0.39, 0.29) is 12.0 Å². The van der Waals surface area contributed by atoms with Crippen LogP contribution in [0, 0.1) is 5.41 Å². The van der Waals surface area contributed by atoms with Crippen LogP contribution in [0.15, 0.2) is 4.99 Å². The Morgan fingerprint density at radius 3 is 2.25 bits per heavy atom. The Bertz CT molecular complexity index is 250. The van der Waals surface area contributed by atoms with Gasteiger partial charge in [0, 0.05) is 26.2 Å². The molecule has 0 aromatic carbocycles. The van der Waals surface area contributed by atoms with Crippen LogP contribution in [-0.2, 0) is 0 Å². The van der Waals surface area contributed by atoms with Crippen LogP contribution in [-0.4, -0.2) is 37.3 Å². The first-order valence-electron chi connectivity index (χ1n) is 8.31. The van der Waals surface area contributed by atoms with Crippen LogP contribution in [0.4, 0.5) is 0 Å². The number of aliphatic hydroxyl groups is 1. The number of aliphatic hydroxyl groups excluding tert-OH is 1. The molecule has 0 atom stereocenters. The Labute approximate surface area is 125 Å². The van der Waals surface area contributed by atoms with Gasteiger partial charge in [0.25, 0.3) is 0 Å². The summed E-state index contributed by atoms with van der Waals surface area (Å²) in [6.07, 6.45) is 6.63. The lowest BCUT2D eigenvalue weighted by molar-refractivity contribution is 0.175. The maximum absolute atomic E-state index is 9.25. The third-order valence-electron chi connectivity index (χ3n) is 4.13. The molecule has 0 fully saturated rings. The van der Waals surface area contributed by atoms with Gasteiger partial charge in [0.15, 0.2) is 5.96 Å². The van der Waals surface area contributed by atoms with Gasteiger partial charge in [-0.05, 0) is 38.0 Å². The number of aliphatic imine (C=N–C) groups is 1. The van der Waals surface area contributed by atoms with Crippen molar-refractivity contribution in [1.29, 1.82) is 0 Å². The minimum atomic E-state index is 0.139. The molecule has 0 rings (SSSR count). The summed E-state index contributed by atoms with van der Waals surface area (Å²) in [5.74, 6) is 0.910. The highest BCUT2D eigenvalue weighted by Gasteiger charge is 2.25. The highest BCUT2D eigenvalue weighted by Crippen LogP contribution is 2.30. The zero-order valence-corrected chi connectivity index (χ0v) is 14.0. The number of unbranched alkanes of at least 4 members (excludes halogenated alkanes) is 2. The molecule has 0 aromatic rings. The van der Waals surface area contributed by atoms with Gasteiger partial charge in [-0.2, -0.15) is 0 Å². The average molecular weight is 285 g/mol. The Kier molecular flexibility index (Phi) is 11.5. The van der Waals surface area contributed by atoms with Gasteiger partial charge in [-0.3, -0.25) is 4.99 Å². The summed E-state index contributed by atoms with van der Waals surface area (Å²) in [6.45, 7) is 11.6. The molecule has 0 aliphatic heterocycles. The second-order valence-corrected chi connectivity index (χ2v) is 5.51. The first-order valence-corrected chi connectivity index (χ1v) is 8.31. The smallest absolute Gasteiger partial charge is 0.191 e. The number of hydrogen-bond donors (Lipinski definition) is 3. The number of hydrogen-bond acceptors (Lipinski definition) is 2. The molecule has 0 aromatic heterocycles. The van der Waals surface area contributed by atoms with Crippen LogP contribution in [0.2, 0.25) is 0 Å². The highest BCUT2D eigenvalue weighted by molar-refractivity contribution is 5.79. The van der Waals surface area contributed by atoms with E-state index in [2.05, 4.69) is 38.3 Å². The molecular weight excluding hydrogens is 250 g/mol. The molecule has 0 unspecified atom stereocenters. The van der Waals surface area contributed by atoms with E-state index in [1.54, 1.807) is 0 Å². The van der Waals surface area contributed by atoms with Crippen LogP contribution in [0.3, 0.4) is 0 Å². The predicted octanol–water partition coefficient (Wildman–Crippen LogP) is 2.92. The summed E-state index contributed by atoms with van der Waals surface area (Å²) >= 11 is 0. The fourth-order valence-corrected chi connectivity index (χ4v) is 2.31. The molecule has 3 N–H and O–H groups in total. The van der Waals surface area contributed by atoms with Crippen molar-refractivity contribution in [2.45, 2.75) is 66.2 Å². The van der Waals surface area contributed by atoms with Crippen molar-refractivity contribution in [1.82, 2.24) is 10.6 Å². The van der Waals surface area contributed by atoms with Crippen molar-refractivity contribution >= 4 is 5.96 Å². The molecular formula is C16H35N3O. The molecule has 0 saturated carbocycles. The van der Waals surface area contributed by atoms with Crippen LogP contribution < -0.4 is 10.6 Å². The molecule has 0 aliphatic carbocycles. The minimum absolute atomic E-state index is 0.139. The first kappa shape index (κ1) is 19.2. The molecule has 0 radical (unpaired) electrons. The number of guanidine groups is 1. The van der Waals surface area contributed by atoms with Crippen molar-refractivity contribution < 1.29 is 5.11 Å². The van der Waals surface area contributed by atoms with Gasteiger partial charge < -0.3 is 15.7 Å². The molecule has 0 spiro atoms. The fourth-order valence-electron chi connectivity index (χ4n) is 2.31. The Balaban J connectivity index is 4.47. The van der Waals surface area contributed by atoms with E-state index < -0.39 is 0 Å². The average Bonchev–Trinajstić information content (AvgIpc) is 2.47. The fraction of sp³-hybridized carbons (Fsp3) is 0.938. The van der Waals surface area contributed by atoms with E-state index in [9.17, 15) is 5.11 Å². The zero-order chi connectivity index (χ0) is 15.3. The van der Waals surface area contributed by atoms with Crippen molar-refractivity contribution in [3.8, 4) is 0 Å². The Hall–Kier alpha value is -0.770. The van der Waals surface area contributed by atoms with Gasteiger partial charge in [-0.1, -0.05) is 33.6 Å². The van der Waals surface area contributed by atoms with Crippen LogP contribution in [0.5, 0.6) is 0 Å². The van der Waals surface area contributed by atoms with E-state index in [0.29, 0.717) is 0 Å². The summed E-state index contributed by atoms with van der Waals surface area (Å²) in [5.41, 5.74) is 0.139. The zero-order valence-electron chi connectivity index (χ0n) is 14.0. The van der Waals surface area contributed by atoms with E-state index in [4.69, 9.17) is 4.99 Å². The third-order valence-corrected chi connectivity index (χ3v) is 4.13. The number of nitrogens with zero attached hydrogens (tertiary/aromatic N) is 1. The topological polar surface area (TPSA) is 56.7 Å². The summed E-state index contributed by atoms with van der Waals surface area (Å²) in [5, 5.41) is 15.9. The minimum Gasteiger partial charge on any atom is -0.396 e. The van der Waals surface area contributed by atoms with E-state index in [1.165, 1.54) is 19.3 Å². The summed E-state index contributed by atoms with van der Waals surface area (Å²) in [6, 6.07) is 0. The molecule has 0 heterocycles. The quantitative estimate of drug-likeness (QED) is 0.311. The summed E-state index contributed by atoms with van der Waals surface area (Å²) in [4.78, 5) is 4.73. The van der Waals surface area contributed by atoms with E-state index in [0.717, 1.165) is 44.9 Å². The second-order valence-electron chi connectivity index (χ2n) is 5.51. The molecule has 4 heteroatoms. The van der Waals surface area contributed by atoms with E-state index in [1.807, 2.05) is 0 Å². The Morgan fingerprint density at radius 1 is 1.05 bits per heavy atom. The lowest BCUT2D eigenvalue weighted by Crippen LogP contribution is -2.39. The molecule has 0 bridgehead atoms. The van der Waals surface area contributed by atoms with Crippen molar-refractivity contribution in [2.24, 2.45) is 10.4 Å². The van der Waals surface area contributed by atoms with Crippen LogP contribution in [0.25, 0.3) is 0 Å². The number of nitrogens with one attached hydrogen (secondary N) is 2. The predicted molar refractivity (Wildman–Crippen MR) is 88.2 cm³/mol. The SMILES string of the molecule is CCCCCNC(=NCC(CC)(CC)CCO)NCC. The number of rotatable bonds is 11. The van der Waals surface area contributed by atoms with Gasteiger partial charge in [0.05, 0.1) is 0 Å². The van der Waals surface area contributed by atoms with Gasteiger partial charge in [0.1, 0.15) is 0 Å². The molecule has 4 nitrogen and oxygen atoms in total. The Morgan fingerprint density at radius 2 is 1.75 bits per heavy atom. The molecule has 0 aliphatic rings. The maximum atomic E-state index is 9.25. The lowest BCUT2D eigenvalue weighted by Gasteiger charge is -2.29. The third kappa shape index (κ3) is 7.73. The normalized spacial score (nSPS) is 12.6. The highest BCUT2D eigenvalue weighted by atomic mass is 16.3. The molecule has 120 valence electrons. The molecule has 0 saturated heterocycles. The van der Waals surface area contributed by atoms with Crippen molar-refractivity contribution in [2.75, 3.05) is 26.2 Å². The summed E-state index contributed by atoms with van der Waals surface area (Å²) in [7, 11) is 0. The van der Waals surface area contributed by atoms with Gasteiger partial charge in [-0.15, -0.1) is 0 Å². The maximum Gasteiger partial charge on any atom is 0.191 e. The van der Waals surface area contributed by atoms with Crippen molar-refractivity contribution in [3.63, 3.8) is 0 Å². The first-order chi connectivity index (χ1) is 9.67. The van der Waals surface area contributed by atoms with Gasteiger partial charge in [-0.25, -0.2) is 0 Å². The van der Waals surface area contributed by atoms with Gasteiger partial charge in [0.2, 0.25) is 0 Å². The monoisotopic (exact) mass is 285 g/mol. The van der Waals surface area contributed by atoms with Crippen LogP contribution in [0.1, 0.15) is 66.2 Å². The van der Waals surface area contributed by atoms with Crippen LogP contribution >= 0.6 is 0 Å². The van der Waals surface area contributed by atoms with Gasteiger partial charge >= 0.3 is 0 Å². The van der Waals surface area contributed by atoms with Crippen molar-refractivity contribution in [3.05, 3.63) is 0 Å².